The molecule has 0 aliphatic carbocycles. The molecule has 0 amide bonds. The number of esters is 1. The molecule has 1 aliphatic rings. The van der Waals surface area contributed by atoms with E-state index >= 15 is 0 Å². The van der Waals surface area contributed by atoms with E-state index in [0.717, 1.165) is 6.07 Å². The smallest absolute Gasteiger partial charge is 0.338 e. The fourth-order valence-corrected chi connectivity index (χ4v) is 2.35. The summed E-state index contributed by atoms with van der Waals surface area (Å²) < 4.78 is 34.2. The first kappa shape index (κ1) is 16.8. The van der Waals surface area contributed by atoms with Crippen LogP contribution >= 0.6 is 0 Å². The Morgan fingerprint density at radius 3 is 2.68 bits per heavy atom. The molecule has 0 aromatic heterocycles. The van der Waals surface area contributed by atoms with Gasteiger partial charge in [0.2, 0.25) is 5.75 Å². The van der Waals surface area contributed by atoms with Crippen LogP contribution in [0.15, 0.2) is 36.4 Å². The molecular weight excluding hydrogens is 331 g/mol. The van der Waals surface area contributed by atoms with Crippen molar-refractivity contribution >= 4 is 11.8 Å². The molecule has 0 saturated carbocycles. The average molecular weight is 346 g/mol. The summed E-state index contributed by atoms with van der Waals surface area (Å²) in [6, 6.07) is 8.09. The number of carbonyl (C=O) groups is 2. The van der Waals surface area contributed by atoms with Crippen LogP contribution in [0.4, 0.5) is 4.39 Å². The van der Waals surface area contributed by atoms with Crippen LogP contribution in [0.5, 0.6) is 17.2 Å². The van der Waals surface area contributed by atoms with Gasteiger partial charge in [0.25, 0.3) is 0 Å². The van der Waals surface area contributed by atoms with E-state index in [2.05, 4.69) is 0 Å². The minimum Gasteiger partial charge on any atom is -0.493 e. The number of Topliss-reactive ketones (excluding diaryl/α,β-unsaturated/α-hetero) is 1. The van der Waals surface area contributed by atoms with Crippen molar-refractivity contribution in [2.45, 2.75) is 0 Å². The Balaban J connectivity index is 1.72. The van der Waals surface area contributed by atoms with Gasteiger partial charge in [0.15, 0.2) is 23.9 Å². The predicted molar refractivity (Wildman–Crippen MR) is 85.0 cm³/mol. The lowest BCUT2D eigenvalue weighted by molar-refractivity contribution is 0.0473. The number of hydrogen-bond donors (Lipinski definition) is 0. The zero-order valence-corrected chi connectivity index (χ0v) is 13.4. The van der Waals surface area contributed by atoms with Crippen molar-refractivity contribution in [2.75, 3.05) is 26.9 Å². The second-order valence-corrected chi connectivity index (χ2v) is 5.21. The second kappa shape index (κ2) is 7.21. The molecule has 0 N–H and O–H groups in total. The molecule has 2 aromatic rings. The number of carbonyl (C=O) groups excluding carboxylic acids is 2. The fraction of sp³-hybridized carbons (Fsp3) is 0.222. The molecule has 1 aliphatic heterocycles. The Kier molecular flexibility index (Phi) is 4.83. The molecule has 0 bridgehead atoms. The summed E-state index contributed by atoms with van der Waals surface area (Å²) in [6.07, 6.45) is 0. The van der Waals surface area contributed by atoms with Crippen LogP contribution in [0.3, 0.4) is 0 Å². The maximum absolute atomic E-state index is 13.1. The van der Waals surface area contributed by atoms with E-state index in [0.29, 0.717) is 30.5 Å². The summed E-state index contributed by atoms with van der Waals surface area (Å²) >= 11 is 0. The lowest BCUT2D eigenvalue weighted by Gasteiger charge is -2.21. The van der Waals surface area contributed by atoms with Crippen molar-refractivity contribution in [3.63, 3.8) is 0 Å². The van der Waals surface area contributed by atoms with Gasteiger partial charge in [-0.2, -0.15) is 0 Å². The van der Waals surface area contributed by atoms with Crippen molar-refractivity contribution < 1.29 is 32.9 Å². The van der Waals surface area contributed by atoms with Gasteiger partial charge in [0.05, 0.1) is 12.7 Å². The SMILES string of the molecule is COc1cc(C(=O)OCC(=O)c2cccc(F)c2)cc2c1OCCO2. The number of methoxy groups -OCH3 is 1. The van der Waals surface area contributed by atoms with Gasteiger partial charge in [-0.3, -0.25) is 4.79 Å². The average Bonchev–Trinajstić information content (AvgIpc) is 2.64. The first-order valence-corrected chi connectivity index (χ1v) is 7.52. The van der Waals surface area contributed by atoms with E-state index < -0.39 is 24.2 Å². The van der Waals surface area contributed by atoms with Gasteiger partial charge in [-0.05, 0) is 24.3 Å². The van der Waals surface area contributed by atoms with Crippen LogP contribution in [0, 0.1) is 5.82 Å². The van der Waals surface area contributed by atoms with Gasteiger partial charge < -0.3 is 18.9 Å². The molecule has 25 heavy (non-hydrogen) atoms. The zero-order valence-electron chi connectivity index (χ0n) is 13.4. The van der Waals surface area contributed by atoms with E-state index in [1.807, 2.05) is 0 Å². The molecule has 0 unspecified atom stereocenters. The Morgan fingerprint density at radius 2 is 1.92 bits per heavy atom. The molecular formula is C18H15FO6. The molecule has 0 radical (unpaired) electrons. The Hall–Kier alpha value is -3.09. The van der Waals surface area contributed by atoms with Gasteiger partial charge in [0, 0.05) is 5.56 Å². The Morgan fingerprint density at radius 1 is 1.12 bits per heavy atom. The molecule has 0 spiro atoms. The summed E-state index contributed by atoms with van der Waals surface area (Å²) in [6.45, 7) is 0.237. The summed E-state index contributed by atoms with van der Waals surface area (Å²) in [5.41, 5.74) is 0.292. The number of rotatable bonds is 5. The minimum absolute atomic E-state index is 0.132. The van der Waals surface area contributed by atoms with Crippen molar-refractivity contribution in [3.05, 3.63) is 53.3 Å². The van der Waals surface area contributed by atoms with Gasteiger partial charge in [-0.1, -0.05) is 12.1 Å². The highest BCUT2D eigenvalue weighted by Crippen LogP contribution is 2.40. The summed E-state index contributed by atoms with van der Waals surface area (Å²) in [5, 5.41) is 0. The number of halogens is 1. The lowest BCUT2D eigenvalue weighted by atomic mass is 10.1. The number of benzene rings is 2. The molecule has 3 rings (SSSR count). The zero-order chi connectivity index (χ0) is 17.8. The van der Waals surface area contributed by atoms with Gasteiger partial charge in [-0.15, -0.1) is 0 Å². The van der Waals surface area contributed by atoms with Crippen molar-refractivity contribution in [2.24, 2.45) is 0 Å². The van der Waals surface area contributed by atoms with Crippen molar-refractivity contribution in [1.29, 1.82) is 0 Å². The normalized spacial score (nSPS) is 12.4. The molecule has 6 nitrogen and oxygen atoms in total. The van der Waals surface area contributed by atoms with E-state index in [9.17, 15) is 14.0 Å². The van der Waals surface area contributed by atoms with Gasteiger partial charge in [0.1, 0.15) is 19.0 Å². The highest BCUT2D eigenvalue weighted by molar-refractivity contribution is 5.99. The molecule has 0 atom stereocenters. The van der Waals surface area contributed by atoms with E-state index in [4.69, 9.17) is 18.9 Å². The van der Waals surface area contributed by atoms with E-state index in [1.165, 1.54) is 37.4 Å². The molecule has 0 fully saturated rings. The predicted octanol–water partition coefficient (Wildman–Crippen LogP) is 2.65. The minimum atomic E-state index is -0.722. The Bertz CT molecular complexity index is 800. The van der Waals surface area contributed by atoms with Crippen LogP contribution < -0.4 is 14.2 Å². The monoisotopic (exact) mass is 346 g/mol. The van der Waals surface area contributed by atoms with Crippen molar-refractivity contribution in [3.8, 4) is 17.2 Å². The van der Waals surface area contributed by atoms with Crippen molar-refractivity contribution in [1.82, 2.24) is 0 Å². The van der Waals surface area contributed by atoms with Crippen LogP contribution in [0.2, 0.25) is 0 Å². The van der Waals surface area contributed by atoms with Gasteiger partial charge in [-0.25, -0.2) is 9.18 Å². The van der Waals surface area contributed by atoms with Crippen LogP contribution in [0.1, 0.15) is 20.7 Å². The quantitative estimate of drug-likeness (QED) is 0.612. The maximum atomic E-state index is 13.1. The molecule has 2 aromatic carbocycles. The van der Waals surface area contributed by atoms with Crippen LogP contribution in [0.25, 0.3) is 0 Å². The third-order valence-electron chi connectivity index (χ3n) is 3.54. The van der Waals surface area contributed by atoms with Crippen LogP contribution in [-0.4, -0.2) is 38.7 Å². The third kappa shape index (κ3) is 3.71. The molecule has 7 heteroatoms. The van der Waals surface area contributed by atoms with Crippen LogP contribution in [-0.2, 0) is 4.74 Å². The van der Waals surface area contributed by atoms with Gasteiger partial charge >= 0.3 is 5.97 Å². The number of ketones is 1. The molecule has 0 saturated heterocycles. The first-order valence-electron chi connectivity index (χ1n) is 7.52. The first-order chi connectivity index (χ1) is 12.1. The fourth-order valence-electron chi connectivity index (χ4n) is 2.35. The topological polar surface area (TPSA) is 71.1 Å². The standard InChI is InChI=1S/C18H15FO6/c1-22-15-8-12(9-16-17(15)24-6-5-23-16)18(21)25-10-14(20)11-3-2-4-13(19)7-11/h2-4,7-9H,5-6,10H2,1H3. The third-order valence-corrected chi connectivity index (χ3v) is 3.54. The Labute approximate surface area is 143 Å². The summed E-state index contributed by atoms with van der Waals surface area (Å²) in [7, 11) is 1.44. The molecule has 130 valence electrons. The highest BCUT2D eigenvalue weighted by atomic mass is 19.1. The van der Waals surface area contributed by atoms with E-state index in [-0.39, 0.29) is 11.1 Å². The highest BCUT2D eigenvalue weighted by Gasteiger charge is 2.22. The summed E-state index contributed by atoms with van der Waals surface area (Å²) in [4.78, 5) is 24.2. The summed E-state index contributed by atoms with van der Waals surface area (Å²) in [5.74, 6) is -0.637. The number of hydrogen-bond acceptors (Lipinski definition) is 6. The largest absolute Gasteiger partial charge is 0.493 e. The second-order valence-electron chi connectivity index (χ2n) is 5.21. The number of fused-ring (bicyclic) bond motifs is 1. The molecule has 1 heterocycles. The van der Waals surface area contributed by atoms with E-state index in [1.54, 1.807) is 0 Å². The number of ether oxygens (including phenoxy) is 4. The maximum Gasteiger partial charge on any atom is 0.338 e. The lowest BCUT2D eigenvalue weighted by Crippen LogP contribution is -2.18.